The summed E-state index contributed by atoms with van der Waals surface area (Å²) in [7, 11) is 0. The van der Waals surface area contributed by atoms with E-state index in [2.05, 4.69) is 37.8 Å². The Bertz CT molecular complexity index is 451. The molecular formula is C11H10BrN3. The predicted octanol–water partition coefficient (Wildman–Crippen LogP) is 3.81. The number of hydrogen-bond donors (Lipinski definition) is 0. The average Bonchev–Trinajstić information content (AvgIpc) is 2.20. The maximum Gasteiger partial charge on any atom is 0.0367 e. The molecular weight excluding hydrogens is 254 g/mol. The molecule has 0 aliphatic rings. The Morgan fingerprint density at radius 3 is 3.00 bits per heavy atom. The van der Waals surface area contributed by atoms with Crippen LogP contribution in [0, 0.1) is 18.8 Å². The molecule has 0 N–H and O–H groups in total. The number of rotatable bonds is 2. The summed E-state index contributed by atoms with van der Waals surface area (Å²) in [6.07, 6.45) is 0.597. The molecule has 1 rings (SSSR count). The maximum atomic E-state index is 8.06. The van der Waals surface area contributed by atoms with Gasteiger partial charge < -0.3 is 0 Å². The molecule has 0 spiro atoms. The average molecular weight is 264 g/mol. The van der Waals surface area contributed by atoms with E-state index in [0.717, 1.165) is 15.6 Å². The van der Waals surface area contributed by atoms with Crippen LogP contribution in [-0.4, -0.2) is 6.54 Å². The topological polar surface area (TPSA) is 48.8 Å². The molecule has 0 saturated carbocycles. The zero-order valence-electron chi connectivity index (χ0n) is 8.37. The second-order valence-corrected chi connectivity index (χ2v) is 3.88. The summed E-state index contributed by atoms with van der Waals surface area (Å²) < 4.78 is 1.06. The van der Waals surface area contributed by atoms with Crippen LogP contribution in [0.25, 0.3) is 10.4 Å². The van der Waals surface area contributed by atoms with Gasteiger partial charge in [-0.05, 0) is 36.2 Å². The molecule has 0 amide bonds. The van der Waals surface area contributed by atoms with Gasteiger partial charge in [0.25, 0.3) is 0 Å². The van der Waals surface area contributed by atoms with E-state index in [4.69, 9.17) is 5.53 Å². The highest BCUT2D eigenvalue weighted by Gasteiger charge is 1.94. The lowest BCUT2D eigenvalue weighted by Crippen LogP contribution is -1.82. The Morgan fingerprint density at radius 1 is 1.53 bits per heavy atom. The lowest BCUT2D eigenvalue weighted by atomic mass is 10.1. The first kappa shape index (κ1) is 11.6. The van der Waals surface area contributed by atoms with Crippen molar-refractivity contribution in [1.82, 2.24) is 0 Å². The SMILES string of the molecule is Cc1cc(Br)ccc1C#CCCN=[N+]=[N-]. The Hall–Kier alpha value is -1.43. The third kappa shape index (κ3) is 4.07. The highest BCUT2D eigenvalue weighted by molar-refractivity contribution is 9.10. The highest BCUT2D eigenvalue weighted by Crippen LogP contribution is 2.14. The fourth-order valence-electron chi connectivity index (χ4n) is 1.08. The van der Waals surface area contributed by atoms with Crippen LogP contribution in [0.5, 0.6) is 0 Å². The highest BCUT2D eigenvalue weighted by atomic mass is 79.9. The summed E-state index contributed by atoms with van der Waals surface area (Å²) in [6, 6.07) is 5.96. The van der Waals surface area contributed by atoms with Gasteiger partial charge in [0.05, 0.1) is 0 Å². The molecule has 0 atom stereocenters. The quantitative estimate of drug-likeness (QED) is 0.256. The molecule has 0 heterocycles. The van der Waals surface area contributed by atoms with E-state index in [9.17, 15) is 0 Å². The summed E-state index contributed by atoms with van der Waals surface area (Å²) >= 11 is 3.40. The second-order valence-electron chi connectivity index (χ2n) is 2.97. The van der Waals surface area contributed by atoms with Crippen LogP contribution in [-0.2, 0) is 0 Å². The molecule has 1 aromatic rings. The standard InChI is InChI=1S/C11H10BrN3/c1-9-8-11(12)6-5-10(9)4-2-3-7-14-15-13/h5-6,8H,3,7H2,1H3. The van der Waals surface area contributed by atoms with Crippen LogP contribution < -0.4 is 0 Å². The third-order valence-corrected chi connectivity index (χ3v) is 2.30. The lowest BCUT2D eigenvalue weighted by molar-refractivity contribution is 1.01. The fourth-order valence-corrected chi connectivity index (χ4v) is 1.55. The Kier molecular flexibility index (Phi) is 4.76. The molecule has 0 aromatic heterocycles. The first-order chi connectivity index (χ1) is 7.24. The zero-order chi connectivity index (χ0) is 11.1. The lowest BCUT2D eigenvalue weighted by Gasteiger charge is -1.97. The minimum absolute atomic E-state index is 0.430. The minimum Gasteiger partial charge on any atom is -0.0978 e. The van der Waals surface area contributed by atoms with Crippen molar-refractivity contribution < 1.29 is 0 Å². The summed E-state index contributed by atoms with van der Waals surface area (Å²) in [5.41, 5.74) is 10.2. The van der Waals surface area contributed by atoms with Crippen LogP contribution >= 0.6 is 15.9 Å². The van der Waals surface area contributed by atoms with Crippen molar-refractivity contribution in [1.29, 1.82) is 0 Å². The summed E-state index contributed by atoms with van der Waals surface area (Å²) in [4.78, 5) is 2.66. The maximum absolute atomic E-state index is 8.06. The van der Waals surface area contributed by atoms with Gasteiger partial charge in [0, 0.05) is 27.9 Å². The first-order valence-electron chi connectivity index (χ1n) is 4.50. The number of azide groups is 1. The van der Waals surface area contributed by atoms with E-state index < -0.39 is 0 Å². The van der Waals surface area contributed by atoms with Crippen molar-refractivity contribution >= 4 is 15.9 Å². The number of aryl methyl sites for hydroxylation is 1. The van der Waals surface area contributed by atoms with Crippen LogP contribution in [0.15, 0.2) is 27.8 Å². The molecule has 0 aliphatic heterocycles. The van der Waals surface area contributed by atoms with Crippen LogP contribution in [0.4, 0.5) is 0 Å². The Balaban J connectivity index is 2.67. The van der Waals surface area contributed by atoms with Gasteiger partial charge in [0.15, 0.2) is 0 Å². The molecule has 1 aromatic carbocycles. The van der Waals surface area contributed by atoms with Gasteiger partial charge in [-0.25, -0.2) is 0 Å². The fraction of sp³-hybridized carbons (Fsp3) is 0.273. The van der Waals surface area contributed by atoms with Crippen molar-refractivity contribution in [3.05, 3.63) is 44.2 Å². The largest absolute Gasteiger partial charge is 0.0978 e. The summed E-state index contributed by atoms with van der Waals surface area (Å²) in [5.74, 6) is 6.01. The van der Waals surface area contributed by atoms with Gasteiger partial charge in [0.1, 0.15) is 0 Å². The third-order valence-electron chi connectivity index (χ3n) is 1.81. The van der Waals surface area contributed by atoms with Crippen molar-refractivity contribution in [2.75, 3.05) is 6.54 Å². The molecule has 15 heavy (non-hydrogen) atoms. The van der Waals surface area contributed by atoms with Gasteiger partial charge in [-0.2, -0.15) is 0 Å². The monoisotopic (exact) mass is 263 g/mol. The molecule has 0 saturated heterocycles. The second kappa shape index (κ2) is 6.13. The molecule has 0 fully saturated rings. The van der Waals surface area contributed by atoms with Crippen molar-refractivity contribution in [2.24, 2.45) is 5.11 Å². The first-order valence-corrected chi connectivity index (χ1v) is 5.29. The number of hydrogen-bond acceptors (Lipinski definition) is 1. The number of halogens is 1. The molecule has 0 unspecified atom stereocenters. The van der Waals surface area contributed by atoms with Gasteiger partial charge >= 0.3 is 0 Å². The van der Waals surface area contributed by atoms with E-state index in [0.29, 0.717) is 13.0 Å². The summed E-state index contributed by atoms with van der Waals surface area (Å²) in [5, 5.41) is 3.41. The van der Waals surface area contributed by atoms with Crippen molar-refractivity contribution in [3.8, 4) is 11.8 Å². The summed E-state index contributed by atoms with van der Waals surface area (Å²) in [6.45, 7) is 2.45. The van der Waals surface area contributed by atoms with E-state index in [1.54, 1.807) is 0 Å². The molecule has 3 nitrogen and oxygen atoms in total. The number of benzene rings is 1. The van der Waals surface area contributed by atoms with Crippen LogP contribution in [0.3, 0.4) is 0 Å². The molecule has 4 heteroatoms. The predicted molar refractivity (Wildman–Crippen MR) is 64.4 cm³/mol. The molecule has 0 bridgehead atoms. The van der Waals surface area contributed by atoms with Gasteiger partial charge in [-0.15, -0.1) is 0 Å². The number of nitrogens with zero attached hydrogens (tertiary/aromatic N) is 3. The minimum atomic E-state index is 0.430. The Labute approximate surface area is 97.3 Å². The van der Waals surface area contributed by atoms with E-state index in [1.807, 2.05) is 25.1 Å². The van der Waals surface area contributed by atoms with Gasteiger partial charge in [0.2, 0.25) is 0 Å². The van der Waals surface area contributed by atoms with E-state index >= 15 is 0 Å². The van der Waals surface area contributed by atoms with Crippen LogP contribution in [0.1, 0.15) is 17.5 Å². The van der Waals surface area contributed by atoms with E-state index in [-0.39, 0.29) is 0 Å². The molecule has 76 valence electrons. The van der Waals surface area contributed by atoms with Crippen molar-refractivity contribution in [3.63, 3.8) is 0 Å². The van der Waals surface area contributed by atoms with Gasteiger partial charge in [-0.3, -0.25) is 0 Å². The zero-order valence-corrected chi connectivity index (χ0v) is 9.95. The molecule has 0 radical (unpaired) electrons. The van der Waals surface area contributed by atoms with Crippen molar-refractivity contribution in [2.45, 2.75) is 13.3 Å². The smallest absolute Gasteiger partial charge is 0.0367 e. The van der Waals surface area contributed by atoms with E-state index in [1.165, 1.54) is 0 Å². The molecule has 0 aliphatic carbocycles. The van der Waals surface area contributed by atoms with Crippen LogP contribution in [0.2, 0.25) is 0 Å². The Morgan fingerprint density at radius 2 is 2.33 bits per heavy atom. The van der Waals surface area contributed by atoms with Gasteiger partial charge in [-0.1, -0.05) is 32.9 Å². The normalized spacial score (nSPS) is 8.67.